The standard InChI is InChI=1S/C18H22N2OS.ClH/c1-20-11-6-5-9-15(20)16(13-7-3-2-4-8-13)17-14(18(19)21)10-12-22-17;/h2-4,7-8,10,12,15-16H,5-6,9,11H2,1H3,(H2,19,21);1H/t15-,16-;/m0./s1. The molecule has 3 rings (SSSR count). The highest BCUT2D eigenvalue weighted by molar-refractivity contribution is 7.10. The molecule has 124 valence electrons. The van der Waals surface area contributed by atoms with Crippen LogP contribution in [0.15, 0.2) is 41.8 Å². The fourth-order valence-corrected chi connectivity index (χ4v) is 4.58. The van der Waals surface area contributed by atoms with Gasteiger partial charge in [-0.05, 0) is 43.4 Å². The summed E-state index contributed by atoms with van der Waals surface area (Å²) >= 11 is 1.65. The molecule has 2 atom stereocenters. The Bertz CT molecular complexity index is 643. The summed E-state index contributed by atoms with van der Waals surface area (Å²) in [7, 11) is 2.19. The van der Waals surface area contributed by atoms with Crippen LogP contribution >= 0.6 is 23.7 Å². The molecule has 1 aliphatic rings. The number of primary amides is 1. The van der Waals surface area contributed by atoms with Gasteiger partial charge in [-0.1, -0.05) is 36.8 Å². The normalized spacial score (nSPS) is 19.8. The number of likely N-dealkylation sites (N-methyl/N-ethyl adjacent to an activating group) is 1. The predicted molar refractivity (Wildman–Crippen MR) is 98.6 cm³/mol. The maximum Gasteiger partial charge on any atom is 0.249 e. The van der Waals surface area contributed by atoms with Crippen molar-refractivity contribution in [1.82, 2.24) is 4.90 Å². The molecule has 1 amide bonds. The van der Waals surface area contributed by atoms with Crippen LogP contribution in [0.3, 0.4) is 0 Å². The molecular formula is C18H23ClN2OS. The van der Waals surface area contributed by atoms with Gasteiger partial charge in [-0.3, -0.25) is 4.79 Å². The van der Waals surface area contributed by atoms with Crippen molar-refractivity contribution in [2.24, 2.45) is 5.73 Å². The number of benzene rings is 1. The molecule has 2 aromatic rings. The molecule has 5 heteroatoms. The summed E-state index contributed by atoms with van der Waals surface area (Å²) in [5.41, 5.74) is 7.54. The summed E-state index contributed by atoms with van der Waals surface area (Å²) in [6, 6.07) is 12.8. The molecule has 0 aliphatic carbocycles. The number of rotatable bonds is 4. The quantitative estimate of drug-likeness (QED) is 0.909. The first-order chi connectivity index (χ1) is 10.7. The fourth-order valence-electron chi connectivity index (χ4n) is 3.50. The topological polar surface area (TPSA) is 46.3 Å². The van der Waals surface area contributed by atoms with E-state index in [0.717, 1.165) is 17.8 Å². The van der Waals surface area contributed by atoms with Crippen LogP contribution in [0.25, 0.3) is 0 Å². The van der Waals surface area contributed by atoms with E-state index < -0.39 is 0 Å². The van der Waals surface area contributed by atoms with Crippen LogP contribution in [0, 0.1) is 0 Å². The molecule has 0 unspecified atom stereocenters. The van der Waals surface area contributed by atoms with Crippen LogP contribution in [0.5, 0.6) is 0 Å². The number of halogens is 1. The summed E-state index contributed by atoms with van der Waals surface area (Å²) < 4.78 is 0. The third-order valence-electron chi connectivity index (χ3n) is 4.61. The molecule has 1 aromatic carbocycles. The van der Waals surface area contributed by atoms with Gasteiger partial charge in [-0.15, -0.1) is 23.7 Å². The smallest absolute Gasteiger partial charge is 0.249 e. The highest BCUT2D eigenvalue weighted by Crippen LogP contribution is 2.39. The number of nitrogens with two attached hydrogens (primary N) is 1. The summed E-state index contributed by atoms with van der Waals surface area (Å²) in [5, 5.41) is 1.98. The van der Waals surface area contributed by atoms with E-state index in [1.54, 1.807) is 11.3 Å². The lowest BCUT2D eigenvalue weighted by Gasteiger charge is -2.38. The molecular weight excluding hydrogens is 328 g/mol. The van der Waals surface area contributed by atoms with Crippen LogP contribution in [0.4, 0.5) is 0 Å². The molecule has 2 heterocycles. The maximum absolute atomic E-state index is 11.8. The van der Waals surface area contributed by atoms with Gasteiger partial charge >= 0.3 is 0 Å². The lowest BCUT2D eigenvalue weighted by molar-refractivity contribution is 0.0998. The number of likely N-dealkylation sites (tertiary alicyclic amines) is 1. The number of nitrogens with zero attached hydrogens (tertiary/aromatic N) is 1. The van der Waals surface area contributed by atoms with Crippen molar-refractivity contribution in [3.8, 4) is 0 Å². The van der Waals surface area contributed by atoms with Crippen molar-refractivity contribution < 1.29 is 4.79 Å². The molecule has 23 heavy (non-hydrogen) atoms. The van der Waals surface area contributed by atoms with Crippen molar-refractivity contribution in [2.75, 3.05) is 13.6 Å². The van der Waals surface area contributed by atoms with Crippen molar-refractivity contribution >= 4 is 29.7 Å². The summed E-state index contributed by atoms with van der Waals surface area (Å²) in [6.07, 6.45) is 3.66. The number of carbonyl (C=O) groups is 1. The van der Waals surface area contributed by atoms with Gasteiger partial charge in [0.1, 0.15) is 0 Å². The van der Waals surface area contributed by atoms with E-state index in [4.69, 9.17) is 5.73 Å². The molecule has 0 bridgehead atoms. The summed E-state index contributed by atoms with van der Waals surface area (Å²) in [4.78, 5) is 15.3. The van der Waals surface area contributed by atoms with Crippen LogP contribution in [-0.2, 0) is 0 Å². The van der Waals surface area contributed by atoms with Gasteiger partial charge in [0, 0.05) is 16.8 Å². The molecule has 1 aliphatic heterocycles. The van der Waals surface area contributed by atoms with Gasteiger partial charge in [0.2, 0.25) is 5.91 Å². The Hall–Kier alpha value is -1.36. The molecule has 0 radical (unpaired) electrons. The zero-order chi connectivity index (χ0) is 15.5. The highest BCUT2D eigenvalue weighted by Gasteiger charge is 2.32. The third-order valence-corrected chi connectivity index (χ3v) is 5.61. The first-order valence-corrected chi connectivity index (χ1v) is 8.69. The first-order valence-electron chi connectivity index (χ1n) is 7.81. The molecule has 1 saturated heterocycles. The van der Waals surface area contributed by atoms with E-state index in [0.29, 0.717) is 11.6 Å². The molecule has 1 fully saturated rings. The van der Waals surface area contributed by atoms with Gasteiger partial charge in [0.25, 0.3) is 0 Å². The number of carbonyl (C=O) groups excluding carboxylic acids is 1. The zero-order valence-electron chi connectivity index (χ0n) is 13.3. The average Bonchev–Trinajstić information content (AvgIpc) is 3.00. The van der Waals surface area contributed by atoms with Gasteiger partial charge in [0.15, 0.2) is 0 Å². The van der Waals surface area contributed by atoms with E-state index in [1.807, 2.05) is 17.5 Å². The monoisotopic (exact) mass is 350 g/mol. The Labute approximate surface area is 147 Å². The second-order valence-corrected chi connectivity index (χ2v) is 6.94. The Morgan fingerprint density at radius 3 is 2.65 bits per heavy atom. The van der Waals surface area contributed by atoms with E-state index in [2.05, 4.69) is 36.2 Å². The lowest BCUT2D eigenvalue weighted by atomic mass is 9.83. The highest BCUT2D eigenvalue weighted by atomic mass is 35.5. The maximum atomic E-state index is 11.8. The minimum Gasteiger partial charge on any atom is -0.366 e. The van der Waals surface area contributed by atoms with E-state index in [1.165, 1.54) is 18.4 Å². The third kappa shape index (κ3) is 3.77. The molecule has 3 nitrogen and oxygen atoms in total. The number of hydrogen-bond acceptors (Lipinski definition) is 3. The molecule has 2 N–H and O–H groups in total. The summed E-state index contributed by atoms with van der Waals surface area (Å²) in [6.45, 7) is 1.12. The second kappa shape index (κ2) is 7.95. The Balaban J connectivity index is 0.00000192. The van der Waals surface area contributed by atoms with Gasteiger partial charge in [-0.2, -0.15) is 0 Å². The van der Waals surface area contributed by atoms with Gasteiger partial charge in [0.05, 0.1) is 5.56 Å². The SMILES string of the molecule is CN1CCCC[C@H]1[C@H](c1ccccc1)c1sccc1C(N)=O.Cl. The minimum atomic E-state index is -0.323. The first kappa shape index (κ1) is 18.0. The Morgan fingerprint density at radius 1 is 1.26 bits per heavy atom. The van der Waals surface area contributed by atoms with E-state index in [-0.39, 0.29) is 24.2 Å². The zero-order valence-corrected chi connectivity index (χ0v) is 14.9. The minimum absolute atomic E-state index is 0. The number of hydrogen-bond donors (Lipinski definition) is 1. The Kier molecular flexibility index (Phi) is 6.22. The van der Waals surface area contributed by atoms with Crippen molar-refractivity contribution in [3.63, 3.8) is 0 Å². The van der Waals surface area contributed by atoms with Crippen LogP contribution < -0.4 is 5.73 Å². The van der Waals surface area contributed by atoms with E-state index >= 15 is 0 Å². The predicted octanol–water partition coefficient (Wildman–Crippen LogP) is 3.89. The number of piperidine rings is 1. The van der Waals surface area contributed by atoms with Crippen LogP contribution in [-0.4, -0.2) is 30.4 Å². The van der Waals surface area contributed by atoms with E-state index in [9.17, 15) is 4.79 Å². The summed E-state index contributed by atoms with van der Waals surface area (Å²) in [5.74, 6) is -0.107. The molecule has 0 saturated carbocycles. The number of amides is 1. The molecule has 1 aromatic heterocycles. The largest absolute Gasteiger partial charge is 0.366 e. The van der Waals surface area contributed by atoms with Gasteiger partial charge < -0.3 is 10.6 Å². The van der Waals surface area contributed by atoms with Crippen molar-refractivity contribution in [2.45, 2.75) is 31.2 Å². The Morgan fingerprint density at radius 2 is 2.00 bits per heavy atom. The number of thiophene rings is 1. The van der Waals surface area contributed by atoms with Gasteiger partial charge in [-0.25, -0.2) is 0 Å². The lowest BCUT2D eigenvalue weighted by Crippen LogP contribution is -2.41. The van der Waals surface area contributed by atoms with Crippen LogP contribution in [0.2, 0.25) is 0 Å². The average molecular weight is 351 g/mol. The van der Waals surface area contributed by atoms with Crippen molar-refractivity contribution in [3.05, 3.63) is 57.8 Å². The molecule has 0 spiro atoms. The fraction of sp³-hybridized carbons (Fsp3) is 0.389. The van der Waals surface area contributed by atoms with Crippen molar-refractivity contribution in [1.29, 1.82) is 0 Å². The second-order valence-electron chi connectivity index (χ2n) is 5.99. The van der Waals surface area contributed by atoms with Crippen LogP contribution in [0.1, 0.15) is 46.0 Å².